The van der Waals surface area contributed by atoms with Gasteiger partial charge in [0.05, 0.1) is 6.04 Å². The molecule has 0 saturated carbocycles. The fourth-order valence-corrected chi connectivity index (χ4v) is 2.77. The predicted octanol–water partition coefficient (Wildman–Crippen LogP) is 2.53. The van der Waals surface area contributed by atoms with E-state index in [1.807, 2.05) is 19.1 Å². The number of amides is 1. The summed E-state index contributed by atoms with van der Waals surface area (Å²) >= 11 is 0. The quantitative estimate of drug-likeness (QED) is 0.762. The molecule has 0 bridgehead atoms. The van der Waals surface area contributed by atoms with Gasteiger partial charge in [-0.1, -0.05) is 12.1 Å². The Labute approximate surface area is 142 Å². The Hall–Kier alpha value is -2.08. The Balaban J connectivity index is 1.75. The number of carbonyl (C=O) groups excluding carboxylic acids is 1. The molecule has 6 heteroatoms. The van der Waals surface area contributed by atoms with E-state index in [0.29, 0.717) is 18.1 Å². The van der Waals surface area contributed by atoms with E-state index in [4.69, 9.17) is 14.6 Å². The molecule has 24 heavy (non-hydrogen) atoms. The minimum Gasteiger partial charge on any atom is -0.482 e. The molecule has 0 aromatic heterocycles. The summed E-state index contributed by atoms with van der Waals surface area (Å²) in [4.78, 5) is 22.5. The minimum absolute atomic E-state index is 0.0557. The highest BCUT2D eigenvalue weighted by Gasteiger charge is 2.16. The lowest BCUT2D eigenvalue weighted by molar-refractivity contribution is -0.139. The van der Waals surface area contributed by atoms with Crippen LogP contribution < -0.4 is 10.1 Å². The van der Waals surface area contributed by atoms with Gasteiger partial charge in [-0.3, -0.25) is 4.79 Å². The molecule has 1 amide bonds. The van der Waals surface area contributed by atoms with Crippen LogP contribution in [0.25, 0.3) is 0 Å². The molecule has 0 radical (unpaired) electrons. The fourth-order valence-electron chi connectivity index (χ4n) is 2.77. The first kappa shape index (κ1) is 18.3. The highest BCUT2D eigenvalue weighted by molar-refractivity contribution is 5.76. The number of hydrogen-bond acceptors (Lipinski definition) is 4. The van der Waals surface area contributed by atoms with Gasteiger partial charge < -0.3 is 19.9 Å². The molecule has 2 rings (SSSR count). The van der Waals surface area contributed by atoms with E-state index >= 15 is 0 Å². The van der Waals surface area contributed by atoms with Crippen LogP contribution in [0, 0.1) is 5.92 Å². The zero-order chi connectivity index (χ0) is 17.4. The third kappa shape index (κ3) is 6.20. The Bertz CT molecular complexity index is 537. The van der Waals surface area contributed by atoms with Crippen molar-refractivity contribution in [2.24, 2.45) is 5.92 Å². The summed E-state index contributed by atoms with van der Waals surface area (Å²) in [6.45, 7) is 3.18. The lowest BCUT2D eigenvalue weighted by Gasteiger charge is -2.22. The van der Waals surface area contributed by atoms with Crippen molar-refractivity contribution in [1.29, 1.82) is 0 Å². The van der Waals surface area contributed by atoms with E-state index < -0.39 is 5.97 Å². The molecule has 0 aliphatic carbocycles. The zero-order valence-corrected chi connectivity index (χ0v) is 14.0. The Morgan fingerprint density at radius 3 is 2.58 bits per heavy atom. The molecule has 2 N–H and O–H groups in total. The summed E-state index contributed by atoms with van der Waals surface area (Å²) in [5.41, 5.74) is 0.956. The van der Waals surface area contributed by atoms with Gasteiger partial charge in [0.1, 0.15) is 5.75 Å². The van der Waals surface area contributed by atoms with Crippen LogP contribution in [0.4, 0.5) is 0 Å². The topological polar surface area (TPSA) is 84.9 Å². The van der Waals surface area contributed by atoms with Gasteiger partial charge >= 0.3 is 5.97 Å². The van der Waals surface area contributed by atoms with Gasteiger partial charge in [0.25, 0.3) is 0 Å². The van der Waals surface area contributed by atoms with Gasteiger partial charge in [-0.25, -0.2) is 4.79 Å². The van der Waals surface area contributed by atoms with Crippen molar-refractivity contribution in [1.82, 2.24) is 5.32 Å². The van der Waals surface area contributed by atoms with Gasteiger partial charge in [-0.2, -0.15) is 0 Å². The average Bonchev–Trinajstić information content (AvgIpc) is 2.59. The summed E-state index contributed by atoms with van der Waals surface area (Å²) in [6, 6.07) is 6.99. The van der Waals surface area contributed by atoms with Gasteiger partial charge in [-0.05, 0) is 49.8 Å². The van der Waals surface area contributed by atoms with Crippen LogP contribution in [0.3, 0.4) is 0 Å². The molecule has 0 spiro atoms. The van der Waals surface area contributed by atoms with Crippen LogP contribution >= 0.6 is 0 Å². The van der Waals surface area contributed by atoms with Crippen LogP contribution in [0.1, 0.15) is 44.2 Å². The van der Waals surface area contributed by atoms with Crippen molar-refractivity contribution in [3.63, 3.8) is 0 Å². The number of aliphatic carboxylic acids is 1. The highest BCUT2D eigenvalue weighted by Crippen LogP contribution is 2.21. The monoisotopic (exact) mass is 335 g/mol. The standard InChI is InChI=1S/C18H25NO5/c1-13(15-3-5-16(6-4-15)24-12-18(21)22)19-17(20)7-2-14-8-10-23-11-9-14/h3-6,13-14H,2,7-12H2,1H3,(H,19,20)(H,21,22). The van der Waals surface area contributed by atoms with Crippen molar-refractivity contribution in [3.05, 3.63) is 29.8 Å². The van der Waals surface area contributed by atoms with Gasteiger partial charge in [0.15, 0.2) is 6.61 Å². The summed E-state index contributed by atoms with van der Waals surface area (Å²) in [5.74, 6) is 0.133. The van der Waals surface area contributed by atoms with Crippen LogP contribution in [-0.4, -0.2) is 36.8 Å². The second-order valence-electron chi connectivity index (χ2n) is 6.14. The van der Waals surface area contributed by atoms with E-state index in [1.54, 1.807) is 12.1 Å². The van der Waals surface area contributed by atoms with E-state index in [0.717, 1.165) is 38.0 Å². The van der Waals surface area contributed by atoms with Crippen LogP contribution in [-0.2, 0) is 14.3 Å². The Morgan fingerprint density at radius 2 is 1.96 bits per heavy atom. The van der Waals surface area contributed by atoms with Crippen LogP contribution in [0.2, 0.25) is 0 Å². The fraction of sp³-hybridized carbons (Fsp3) is 0.556. The summed E-state index contributed by atoms with van der Waals surface area (Å²) in [7, 11) is 0. The number of ether oxygens (including phenoxy) is 2. The number of carboxylic acid groups (broad SMARTS) is 1. The lowest BCUT2D eigenvalue weighted by atomic mass is 9.95. The van der Waals surface area contributed by atoms with Crippen molar-refractivity contribution in [2.45, 2.75) is 38.6 Å². The van der Waals surface area contributed by atoms with Gasteiger partial charge in [0, 0.05) is 19.6 Å². The second-order valence-corrected chi connectivity index (χ2v) is 6.14. The third-order valence-corrected chi connectivity index (χ3v) is 4.24. The predicted molar refractivity (Wildman–Crippen MR) is 88.9 cm³/mol. The largest absolute Gasteiger partial charge is 0.482 e. The molecule has 1 aliphatic heterocycles. The second kappa shape index (κ2) is 9.27. The van der Waals surface area contributed by atoms with Crippen molar-refractivity contribution in [2.75, 3.05) is 19.8 Å². The minimum atomic E-state index is -1.01. The van der Waals surface area contributed by atoms with Crippen molar-refractivity contribution >= 4 is 11.9 Å². The zero-order valence-electron chi connectivity index (χ0n) is 14.0. The van der Waals surface area contributed by atoms with Gasteiger partial charge in [-0.15, -0.1) is 0 Å². The van der Waals surface area contributed by atoms with E-state index in [-0.39, 0.29) is 18.6 Å². The van der Waals surface area contributed by atoms with Crippen LogP contribution in [0.15, 0.2) is 24.3 Å². The molecule has 1 aromatic carbocycles. The summed E-state index contributed by atoms with van der Waals surface area (Å²) in [5, 5.41) is 11.6. The van der Waals surface area contributed by atoms with Crippen LogP contribution in [0.5, 0.6) is 5.75 Å². The number of benzene rings is 1. The van der Waals surface area contributed by atoms with Crippen molar-refractivity contribution in [3.8, 4) is 5.75 Å². The molecule has 1 heterocycles. The molecular weight excluding hydrogens is 310 g/mol. The molecule has 132 valence electrons. The van der Waals surface area contributed by atoms with Gasteiger partial charge in [0.2, 0.25) is 5.91 Å². The first-order valence-corrected chi connectivity index (χ1v) is 8.36. The first-order chi connectivity index (χ1) is 11.5. The van der Waals surface area contributed by atoms with E-state index in [9.17, 15) is 9.59 Å². The Kier molecular flexibility index (Phi) is 7.06. The summed E-state index contributed by atoms with van der Waals surface area (Å²) < 4.78 is 10.4. The maximum Gasteiger partial charge on any atom is 0.341 e. The molecule has 6 nitrogen and oxygen atoms in total. The normalized spacial score (nSPS) is 16.4. The number of carbonyl (C=O) groups is 2. The number of hydrogen-bond donors (Lipinski definition) is 2. The average molecular weight is 335 g/mol. The number of carboxylic acids is 1. The molecule has 1 fully saturated rings. The smallest absolute Gasteiger partial charge is 0.341 e. The molecule has 1 saturated heterocycles. The maximum absolute atomic E-state index is 12.1. The Morgan fingerprint density at radius 1 is 1.29 bits per heavy atom. The molecule has 1 unspecified atom stereocenters. The maximum atomic E-state index is 12.1. The molecule has 1 aromatic rings. The first-order valence-electron chi connectivity index (χ1n) is 8.36. The summed E-state index contributed by atoms with van der Waals surface area (Å²) in [6.07, 6.45) is 3.53. The van der Waals surface area contributed by atoms with E-state index in [1.165, 1.54) is 0 Å². The molecule has 1 aliphatic rings. The van der Waals surface area contributed by atoms with Crippen molar-refractivity contribution < 1.29 is 24.2 Å². The molecular formula is C18H25NO5. The molecule has 1 atom stereocenters. The number of rotatable bonds is 8. The number of nitrogens with one attached hydrogen (secondary N) is 1. The lowest BCUT2D eigenvalue weighted by Crippen LogP contribution is -2.27. The highest BCUT2D eigenvalue weighted by atomic mass is 16.5. The van der Waals surface area contributed by atoms with E-state index in [2.05, 4.69) is 5.32 Å². The third-order valence-electron chi connectivity index (χ3n) is 4.24. The SMILES string of the molecule is CC(NC(=O)CCC1CCOCC1)c1ccc(OCC(=O)O)cc1.